The Bertz CT molecular complexity index is 729. The van der Waals surface area contributed by atoms with Crippen LogP contribution in [0.1, 0.15) is 55.9 Å². The minimum Gasteiger partial charge on any atom is -0.484 e. The van der Waals surface area contributed by atoms with Crippen LogP contribution in [0, 0.1) is 0 Å². The van der Waals surface area contributed by atoms with Gasteiger partial charge >= 0.3 is 0 Å². The van der Waals surface area contributed by atoms with E-state index < -0.39 is 5.91 Å². The number of nitrogens with two attached hydrogens (primary N) is 1. The van der Waals surface area contributed by atoms with E-state index in [-0.39, 0.29) is 18.6 Å². The predicted molar refractivity (Wildman–Crippen MR) is 91.9 cm³/mol. The third kappa shape index (κ3) is 4.36. The lowest BCUT2D eigenvalue weighted by molar-refractivity contribution is -0.119. The van der Waals surface area contributed by atoms with Crippen LogP contribution in [-0.2, 0) is 11.3 Å². The number of carbonyl (C=O) groups is 1. The maximum absolute atomic E-state index is 10.9. The molecule has 7 heteroatoms. The topological polar surface area (TPSA) is 94.5 Å². The molecule has 1 aromatic heterocycles. The highest BCUT2D eigenvalue weighted by Crippen LogP contribution is 2.32. The van der Waals surface area contributed by atoms with Crippen molar-refractivity contribution in [2.75, 3.05) is 13.2 Å². The molecule has 1 amide bonds. The molecule has 0 aliphatic carbocycles. The molecule has 1 fully saturated rings. The number of hydrogen-bond donors (Lipinski definition) is 1. The van der Waals surface area contributed by atoms with Gasteiger partial charge in [-0.1, -0.05) is 31.1 Å². The Morgan fingerprint density at radius 1 is 1.48 bits per heavy atom. The van der Waals surface area contributed by atoms with E-state index in [4.69, 9.17) is 15.0 Å². The van der Waals surface area contributed by atoms with E-state index >= 15 is 0 Å². The Labute approximate surface area is 147 Å². The molecule has 0 radical (unpaired) electrons. The van der Waals surface area contributed by atoms with Crippen LogP contribution in [0.5, 0.6) is 5.75 Å². The number of benzene rings is 1. The van der Waals surface area contributed by atoms with Crippen molar-refractivity contribution < 1.29 is 14.1 Å². The van der Waals surface area contributed by atoms with Crippen LogP contribution in [-0.4, -0.2) is 34.1 Å². The van der Waals surface area contributed by atoms with Gasteiger partial charge in [-0.05, 0) is 37.1 Å². The fraction of sp³-hybridized carbons (Fsp3) is 0.500. The van der Waals surface area contributed by atoms with Crippen LogP contribution in [0.25, 0.3) is 0 Å². The van der Waals surface area contributed by atoms with Crippen molar-refractivity contribution in [2.24, 2.45) is 5.73 Å². The number of ether oxygens (including phenoxy) is 1. The Hall–Kier alpha value is -2.41. The molecule has 134 valence electrons. The number of amides is 1. The minimum absolute atomic E-state index is 0.114. The van der Waals surface area contributed by atoms with Gasteiger partial charge in [0.15, 0.2) is 12.4 Å². The molecule has 25 heavy (non-hydrogen) atoms. The number of carbonyl (C=O) groups excluding carboxylic acids is 1. The molecule has 2 heterocycles. The summed E-state index contributed by atoms with van der Waals surface area (Å²) in [5.41, 5.74) is 6.23. The summed E-state index contributed by atoms with van der Waals surface area (Å²) in [6, 6.07) is 7.90. The van der Waals surface area contributed by atoms with E-state index in [1.807, 2.05) is 38.1 Å². The van der Waals surface area contributed by atoms with Gasteiger partial charge in [0.1, 0.15) is 5.75 Å². The zero-order valence-corrected chi connectivity index (χ0v) is 14.6. The molecule has 0 spiro atoms. The van der Waals surface area contributed by atoms with E-state index in [1.165, 1.54) is 0 Å². The summed E-state index contributed by atoms with van der Waals surface area (Å²) in [5, 5.41) is 4.17. The number of rotatable bonds is 7. The number of hydrogen-bond acceptors (Lipinski definition) is 6. The number of likely N-dealkylation sites (tertiary alicyclic amines) is 1. The smallest absolute Gasteiger partial charge is 0.255 e. The molecule has 7 nitrogen and oxygen atoms in total. The van der Waals surface area contributed by atoms with Crippen molar-refractivity contribution >= 4 is 5.91 Å². The Balaban J connectivity index is 1.68. The van der Waals surface area contributed by atoms with Crippen LogP contribution in [0.4, 0.5) is 0 Å². The first-order valence-electron chi connectivity index (χ1n) is 8.60. The predicted octanol–water partition coefficient (Wildman–Crippen LogP) is 2.39. The van der Waals surface area contributed by atoms with Gasteiger partial charge in [0.05, 0.1) is 6.04 Å². The summed E-state index contributed by atoms with van der Waals surface area (Å²) in [4.78, 5) is 17.8. The van der Waals surface area contributed by atoms with Gasteiger partial charge in [-0.25, -0.2) is 0 Å². The highest BCUT2D eigenvalue weighted by atomic mass is 16.5. The number of nitrogens with zero attached hydrogens (tertiary/aromatic N) is 3. The normalized spacial score (nSPS) is 18.0. The quantitative estimate of drug-likeness (QED) is 0.829. The van der Waals surface area contributed by atoms with Crippen molar-refractivity contribution in [1.82, 2.24) is 15.0 Å². The first-order chi connectivity index (χ1) is 12.0. The van der Waals surface area contributed by atoms with E-state index in [9.17, 15) is 4.79 Å². The molecular weight excluding hydrogens is 320 g/mol. The molecule has 0 saturated carbocycles. The molecule has 1 aromatic carbocycles. The Kier molecular flexibility index (Phi) is 5.33. The minimum atomic E-state index is -0.483. The maximum Gasteiger partial charge on any atom is 0.255 e. The van der Waals surface area contributed by atoms with Gasteiger partial charge in [0, 0.05) is 12.5 Å². The molecule has 1 aliphatic rings. The third-order valence-electron chi connectivity index (χ3n) is 4.28. The van der Waals surface area contributed by atoms with Crippen LogP contribution in [0.2, 0.25) is 0 Å². The van der Waals surface area contributed by atoms with Crippen LogP contribution < -0.4 is 10.5 Å². The molecule has 2 N–H and O–H groups in total. The third-order valence-corrected chi connectivity index (χ3v) is 4.28. The fourth-order valence-corrected chi connectivity index (χ4v) is 3.05. The second kappa shape index (κ2) is 7.65. The molecule has 2 aromatic rings. The molecule has 1 unspecified atom stereocenters. The summed E-state index contributed by atoms with van der Waals surface area (Å²) in [5.74, 6) is 1.85. The average Bonchev–Trinajstić information content (AvgIpc) is 3.22. The molecule has 3 rings (SSSR count). The van der Waals surface area contributed by atoms with Crippen molar-refractivity contribution in [3.63, 3.8) is 0 Å². The summed E-state index contributed by atoms with van der Waals surface area (Å²) < 4.78 is 10.7. The van der Waals surface area contributed by atoms with Crippen LogP contribution in [0.15, 0.2) is 28.8 Å². The van der Waals surface area contributed by atoms with Gasteiger partial charge in [-0.3, -0.25) is 9.69 Å². The van der Waals surface area contributed by atoms with Gasteiger partial charge in [0.2, 0.25) is 5.89 Å². The highest BCUT2D eigenvalue weighted by Gasteiger charge is 2.30. The van der Waals surface area contributed by atoms with Gasteiger partial charge in [0.25, 0.3) is 5.91 Å². The number of aromatic nitrogens is 2. The highest BCUT2D eigenvalue weighted by molar-refractivity contribution is 5.75. The fourth-order valence-electron chi connectivity index (χ4n) is 3.05. The lowest BCUT2D eigenvalue weighted by Gasteiger charge is -2.22. The molecule has 1 atom stereocenters. The first kappa shape index (κ1) is 17.4. The molecule has 1 saturated heterocycles. The van der Waals surface area contributed by atoms with E-state index in [1.54, 1.807) is 0 Å². The molecule has 0 bridgehead atoms. The second-order valence-corrected chi connectivity index (χ2v) is 6.68. The van der Waals surface area contributed by atoms with Gasteiger partial charge in [-0.2, -0.15) is 4.98 Å². The molecule has 1 aliphatic heterocycles. The maximum atomic E-state index is 10.9. The first-order valence-corrected chi connectivity index (χ1v) is 8.60. The van der Waals surface area contributed by atoms with E-state index in [2.05, 4.69) is 15.0 Å². The van der Waals surface area contributed by atoms with Gasteiger partial charge < -0.3 is 15.0 Å². The number of primary amides is 1. The van der Waals surface area contributed by atoms with Gasteiger partial charge in [-0.15, -0.1) is 0 Å². The van der Waals surface area contributed by atoms with Crippen molar-refractivity contribution in [1.29, 1.82) is 0 Å². The van der Waals surface area contributed by atoms with Crippen LogP contribution in [0.3, 0.4) is 0 Å². The molecular formula is C18H24N4O3. The summed E-state index contributed by atoms with van der Waals surface area (Å²) in [6.07, 6.45) is 2.13. The average molecular weight is 344 g/mol. The van der Waals surface area contributed by atoms with Crippen LogP contribution >= 0.6 is 0 Å². The van der Waals surface area contributed by atoms with Crippen molar-refractivity contribution in [3.8, 4) is 5.75 Å². The Morgan fingerprint density at radius 2 is 2.32 bits per heavy atom. The zero-order valence-electron chi connectivity index (χ0n) is 14.6. The second-order valence-electron chi connectivity index (χ2n) is 6.68. The van der Waals surface area contributed by atoms with E-state index in [0.717, 1.165) is 37.3 Å². The van der Waals surface area contributed by atoms with Crippen molar-refractivity contribution in [2.45, 2.75) is 45.2 Å². The standard InChI is InChI=1S/C18H24N4O3/c1-12(2)18-20-17(21-25-18)15-7-4-8-22(15)10-13-5-3-6-14(9-13)24-11-16(19)23/h3,5-6,9,12,15H,4,7-8,10-11H2,1-2H3,(H2,19,23). The summed E-state index contributed by atoms with van der Waals surface area (Å²) in [6.45, 7) is 5.73. The lowest BCUT2D eigenvalue weighted by atomic mass is 10.1. The SMILES string of the molecule is CC(C)c1nc(C2CCCN2Cc2cccc(OCC(N)=O)c2)no1. The lowest BCUT2D eigenvalue weighted by Crippen LogP contribution is -2.23. The van der Waals surface area contributed by atoms with E-state index in [0.29, 0.717) is 11.6 Å². The summed E-state index contributed by atoms with van der Waals surface area (Å²) >= 11 is 0. The Morgan fingerprint density at radius 3 is 3.04 bits per heavy atom. The summed E-state index contributed by atoms with van der Waals surface area (Å²) in [7, 11) is 0. The zero-order chi connectivity index (χ0) is 17.8. The largest absolute Gasteiger partial charge is 0.484 e. The van der Waals surface area contributed by atoms with Crippen molar-refractivity contribution in [3.05, 3.63) is 41.5 Å². The monoisotopic (exact) mass is 344 g/mol.